The Balaban J connectivity index is 1.93. The molecule has 140 valence electrons. The fourth-order valence-electron chi connectivity index (χ4n) is 4.37. The lowest BCUT2D eigenvalue weighted by Gasteiger charge is -2.37. The molecule has 0 spiro atoms. The SMILES string of the molecule is CCC1CCCC(NC(CC(C)C)C(=O)N2CCC(CO)CC2)C1. The normalized spacial score (nSPS) is 27.5. The first kappa shape index (κ1) is 19.7. The molecule has 4 nitrogen and oxygen atoms in total. The molecule has 4 heteroatoms. The Morgan fingerprint density at radius 3 is 2.46 bits per heavy atom. The Hall–Kier alpha value is -0.610. The zero-order valence-electron chi connectivity index (χ0n) is 16.0. The van der Waals surface area contributed by atoms with Crippen LogP contribution in [0.25, 0.3) is 0 Å². The third-order valence-corrected chi connectivity index (χ3v) is 5.99. The number of amides is 1. The van der Waals surface area contributed by atoms with Gasteiger partial charge in [-0.15, -0.1) is 0 Å². The Morgan fingerprint density at radius 1 is 1.17 bits per heavy atom. The monoisotopic (exact) mass is 338 g/mol. The predicted octanol–water partition coefficient (Wildman–Crippen LogP) is 3.19. The molecule has 2 rings (SSSR count). The van der Waals surface area contributed by atoms with Crippen molar-refractivity contribution in [3.63, 3.8) is 0 Å². The maximum Gasteiger partial charge on any atom is 0.239 e. The Bertz CT molecular complexity index is 378. The van der Waals surface area contributed by atoms with Crippen LogP contribution in [0, 0.1) is 17.8 Å². The van der Waals surface area contributed by atoms with Crippen molar-refractivity contribution < 1.29 is 9.90 Å². The molecule has 0 bridgehead atoms. The van der Waals surface area contributed by atoms with Crippen molar-refractivity contribution in [1.29, 1.82) is 0 Å². The zero-order chi connectivity index (χ0) is 17.5. The number of hydrogen-bond donors (Lipinski definition) is 2. The summed E-state index contributed by atoms with van der Waals surface area (Å²) in [5.41, 5.74) is 0. The summed E-state index contributed by atoms with van der Waals surface area (Å²) < 4.78 is 0. The summed E-state index contributed by atoms with van der Waals surface area (Å²) in [5, 5.41) is 13.0. The standard InChI is InChI=1S/C20H38N2O2/c1-4-16-6-5-7-18(13-16)21-19(12-15(2)3)20(24)22-10-8-17(14-23)9-11-22/h15-19,21,23H,4-14H2,1-3H3. The first-order valence-electron chi connectivity index (χ1n) is 10.2. The number of piperidine rings is 1. The molecule has 1 saturated heterocycles. The number of aliphatic hydroxyl groups excluding tert-OH is 1. The van der Waals surface area contributed by atoms with Crippen LogP contribution in [-0.4, -0.2) is 47.7 Å². The van der Waals surface area contributed by atoms with Crippen LogP contribution in [0.1, 0.15) is 72.1 Å². The van der Waals surface area contributed by atoms with Crippen molar-refractivity contribution in [2.75, 3.05) is 19.7 Å². The molecule has 1 aliphatic heterocycles. The van der Waals surface area contributed by atoms with E-state index >= 15 is 0 Å². The Kier molecular flexibility index (Phi) is 8.02. The summed E-state index contributed by atoms with van der Waals surface area (Å²) in [5.74, 6) is 2.02. The topological polar surface area (TPSA) is 52.6 Å². The van der Waals surface area contributed by atoms with Gasteiger partial charge in [-0.05, 0) is 49.9 Å². The van der Waals surface area contributed by atoms with Crippen LogP contribution >= 0.6 is 0 Å². The first-order chi connectivity index (χ1) is 11.5. The van der Waals surface area contributed by atoms with Gasteiger partial charge >= 0.3 is 0 Å². The number of carbonyl (C=O) groups excluding carboxylic acids is 1. The van der Waals surface area contributed by atoms with E-state index < -0.39 is 0 Å². The quantitative estimate of drug-likeness (QED) is 0.749. The fourth-order valence-corrected chi connectivity index (χ4v) is 4.37. The molecule has 0 radical (unpaired) electrons. The van der Waals surface area contributed by atoms with Gasteiger partial charge in [0, 0.05) is 25.7 Å². The van der Waals surface area contributed by atoms with E-state index in [0.717, 1.165) is 38.3 Å². The number of nitrogens with one attached hydrogen (secondary N) is 1. The largest absolute Gasteiger partial charge is 0.396 e. The van der Waals surface area contributed by atoms with E-state index in [1.807, 2.05) is 4.90 Å². The van der Waals surface area contributed by atoms with Crippen molar-refractivity contribution in [2.24, 2.45) is 17.8 Å². The highest BCUT2D eigenvalue weighted by atomic mass is 16.3. The van der Waals surface area contributed by atoms with Crippen LogP contribution in [0.5, 0.6) is 0 Å². The highest BCUT2D eigenvalue weighted by Crippen LogP contribution is 2.27. The average molecular weight is 339 g/mol. The minimum absolute atomic E-state index is 0.0312. The van der Waals surface area contributed by atoms with E-state index in [-0.39, 0.29) is 12.6 Å². The molecule has 3 atom stereocenters. The van der Waals surface area contributed by atoms with Crippen molar-refractivity contribution in [3.05, 3.63) is 0 Å². The number of nitrogens with zero attached hydrogens (tertiary/aromatic N) is 1. The summed E-state index contributed by atoms with van der Waals surface area (Å²) in [6, 6.07) is 0.475. The van der Waals surface area contributed by atoms with Crippen LogP contribution in [0.3, 0.4) is 0 Å². The van der Waals surface area contributed by atoms with Gasteiger partial charge in [0.05, 0.1) is 6.04 Å². The fraction of sp³-hybridized carbons (Fsp3) is 0.950. The molecule has 2 aliphatic rings. The molecule has 24 heavy (non-hydrogen) atoms. The molecule has 1 aliphatic carbocycles. The van der Waals surface area contributed by atoms with Crippen molar-refractivity contribution in [3.8, 4) is 0 Å². The highest BCUT2D eigenvalue weighted by molar-refractivity contribution is 5.82. The maximum atomic E-state index is 13.1. The first-order valence-corrected chi connectivity index (χ1v) is 10.2. The van der Waals surface area contributed by atoms with Gasteiger partial charge in [-0.2, -0.15) is 0 Å². The van der Waals surface area contributed by atoms with Crippen LogP contribution < -0.4 is 5.32 Å². The number of aliphatic hydroxyl groups is 1. The highest BCUT2D eigenvalue weighted by Gasteiger charge is 2.31. The van der Waals surface area contributed by atoms with Crippen molar-refractivity contribution >= 4 is 5.91 Å². The van der Waals surface area contributed by atoms with Crippen LogP contribution in [0.4, 0.5) is 0 Å². The van der Waals surface area contributed by atoms with E-state index in [1.54, 1.807) is 0 Å². The van der Waals surface area contributed by atoms with E-state index in [2.05, 4.69) is 26.1 Å². The molecule has 2 fully saturated rings. The summed E-state index contributed by atoms with van der Waals surface area (Å²) in [4.78, 5) is 15.1. The molecule has 0 aromatic heterocycles. The predicted molar refractivity (Wildman–Crippen MR) is 98.8 cm³/mol. The third-order valence-electron chi connectivity index (χ3n) is 5.99. The van der Waals surface area contributed by atoms with Gasteiger partial charge in [0.25, 0.3) is 0 Å². The smallest absolute Gasteiger partial charge is 0.239 e. The van der Waals surface area contributed by atoms with Crippen LogP contribution in [0.15, 0.2) is 0 Å². The molecule has 3 unspecified atom stereocenters. The third kappa shape index (κ3) is 5.73. The van der Waals surface area contributed by atoms with Crippen LogP contribution in [-0.2, 0) is 4.79 Å². The number of hydrogen-bond acceptors (Lipinski definition) is 3. The lowest BCUT2D eigenvalue weighted by atomic mass is 9.83. The molecule has 0 aromatic rings. The molecule has 1 heterocycles. The molecular weight excluding hydrogens is 300 g/mol. The van der Waals surface area contributed by atoms with Gasteiger partial charge in [-0.25, -0.2) is 0 Å². The number of carbonyl (C=O) groups is 1. The second-order valence-electron chi connectivity index (χ2n) is 8.44. The Morgan fingerprint density at radius 2 is 1.88 bits per heavy atom. The van der Waals surface area contributed by atoms with Gasteiger partial charge in [0.15, 0.2) is 0 Å². The summed E-state index contributed by atoms with van der Waals surface area (Å²) in [7, 11) is 0. The zero-order valence-corrected chi connectivity index (χ0v) is 16.0. The van der Waals surface area contributed by atoms with E-state index in [0.29, 0.717) is 23.8 Å². The number of rotatable bonds is 7. The van der Waals surface area contributed by atoms with Gasteiger partial charge in [-0.1, -0.05) is 40.0 Å². The van der Waals surface area contributed by atoms with Crippen LogP contribution in [0.2, 0.25) is 0 Å². The molecule has 1 amide bonds. The van der Waals surface area contributed by atoms with Gasteiger partial charge in [-0.3, -0.25) is 4.79 Å². The van der Waals surface area contributed by atoms with Crippen molar-refractivity contribution in [2.45, 2.75) is 84.2 Å². The molecule has 2 N–H and O–H groups in total. The molecule has 1 saturated carbocycles. The summed E-state index contributed by atoms with van der Waals surface area (Å²) in [6.07, 6.45) is 9.15. The maximum absolute atomic E-state index is 13.1. The van der Waals surface area contributed by atoms with Gasteiger partial charge < -0.3 is 15.3 Å². The Labute approximate surface area is 148 Å². The second-order valence-corrected chi connectivity index (χ2v) is 8.44. The molecule has 0 aromatic carbocycles. The molecular formula is C20H38N2O2. The van der Waals surface area contributed by atoms with Crippen molar-refractivity contribution in [1.82, 2.24) is 10.2 Å². The van der Waals surface area contributed by atoms with E-state index in [1.165, 1.54) is 32.1 Å². The van der Waals surface area contributed by atoms with E-state index in [4.69, 9.17) is 0 Å². The minimum Gasteiger partial charge on any atom is -0.396 e. The van der Waals surface area contributed by atoms with Gasteiger partial charge in [0.2, 0.25) is 5.91 Å². The summed E-state index contributed by atoms with van der Waals surface area (Å²) in [6.45, 7) is 8.57. The lowest BCUT2D eigenvalue weighted by molar-refractivity contribution is -0.135. The van der Waals surface area contributed by atoms with Gasteiger partial charge in [0.1, 0.15) is 0 Å². The second kappa shape index (κ2) is 9.76. The number of likely N-dealkylation sites (tertiary alicyclic amines) is 1. The average Bonchev–Trinajstić information content (AvgIpc) is 2.60. The minimum atomic E-state index is -0.0312. The lowest BCUT2D eigenvalue weighted by Crippen LogP contribution is -2.53. The van der Waals surface area contributed by atoms with E-state index in [9.17, 15) is 9.90 Å². The summed E-state index contributed by atoms with van der Waals surface area (Å²) >= 11 is 0.